The lowest BCUT2D eigenvalue weighted by molar-refractivity contribution is -0.166. The third-order valence-electron chi connectivity index (χ3n) is 2.41. The molecule has 1 rings (SSSR count). The van der Waals surface area contributed by atoms with Gasteiger partial charge in [0.1, 0.15) is 17.0 Å². The van der Waals surface area contributed by atoms with E-state index in [1.54, 1.807) is 20.8 Å². The fraction of sp³-hybridized carbons (Fsp3) is 0.429. The van der Waals surface area contributed by atoms with E-state index in [9.17, 15) is 18.0 Å². The fourth-order valence-electron chi connectivity index (χ4n) is 1.57. The molecule has 0 aliphatic heterocycles. The third-order valence-corrected chi connectivity index (χ3v) is 5.19. The minimum atomic E-state index is -4.15. The summed E-state index contributed by atoms with van der Waals surface area (Å²) in [4.78, 5) is 22.7. The number of carbonyl (C=O) groups excluding carboxylic acids is 2. The Morgan fingerprint density at radius 2 is 1.68 bits per heavy atom. The van der Waals surface area contributed by atoms with Gasteiger partial charge in [0.05, 0.1) is 10.0 Å². The average molecular weight is 477 g/mol. The van der Waals surface area contributed by atoms with Crippen LogP contribution in [0.15, 0.2) is 21.5 Å². The number of ether oxygens (including phenoxy) is 2. The van der Waals surface area contributed by atoms with Gasteiger partial charge >= 0.3 is 11.9 Å². The molecule has 0 fully saturated rings. The summed E-state index contributed by atoms with van der Waals surface area (Å²) in [6.07, 6.45) is 0. The van der Waals surface area contributed by atoms with E-state index in [2.05, 4.69) is 20.7 Å². The average Bonchev–Trinajstić information content (AvgIpc) is 2.39. The zero-order chi connectivity index (χ0) is 19.4. The standard InChI is InChI=1S/C14H16BrCl2NO6S/c1-14(2,3)24-12(20)7-23-11(19)6-18-25(21,22)13-9(16)4-8(15)5-10(13)17/h4-5,18H,6-7H2,1-3H3. The number of esters is 2. The molecule has 1 aromatic carbocycles. The molecule has 0 bridgehead atoms. The first-order valence-electron chi connectivity index (χ1n) is 6.83. The van der Waals surface area contributed by atoms with Crippen LogP contribution in [-0.2, 0) is 29.1 Å². The van der Waals surface area contributed by atoms with Gasteiger partial charge in [-0.3, -0.25) is 4.79 Å². The maximum absolute atomic E-state index is 12.2. The molecule has 7 nitrogen and oxygen atoms in total. The third kappa shape index (κ3) is 7.49. The summed E-state index contributed by atoms with van der Waals surface area (Å²) in [6, 6.07) is 2.70. The van der Waals surface area contributed by atoms with Gasteiger partial charge in [-0.1, -0.05) is 39.1 Å². The van der Waals surface area contributed by atoms with Crippen LogP contribution in [-0.4, -0.2) is 39.1 Å². The first-order chi connectivity index (χ1) is 11.3. The van der Waals surface area contributed by atoms with Crippen LogP contribution in [0.3, 0.4) is 0 Å². The van der Waals surface area contributed by atoms with E-state index in [0.29, 0.717) is 4.47 Å². The molecule has 0 aliphatic rings. The van der Waals surface area contributed by atoms with Crippen molar-refractivity contribution in [3.8, 4) is 0 Å². The Labute approximate surface area is 164 Å². The highest BCUT2D eigenvalue weighted by molar-refractivity contribution is 9.10. The van der Waals surface area contributed by atoms with E-state index >= 15 is 0 Å². The molecule has 1 aromatic rings. The lowest BCUT2D eigenvalue weighted by atomic mass is 10.2. The molecular weight excluding hydrogens is 461 g/mol. The highest BCUT2D eigenvalue weighted by Crippen LogP contribution is 2.32. The van der Waals surface area contributed by atoms with E-state index in [1.807, 2.05) is 4.72 Å². The van der Waals surface area contributed by atoms with Crippen molar-refractivity contribution in [1.82, 2.24) is 4.72 Å². The van der Waals surface area contributed by atoms with Gasteiger partial charge < -0.3 is 9.47 Å². The number of hydrogen-bond donors (Lipinski definition) is 1. The monoisotopic (exact) mass is 475 g/mol. The minimum Gasteiger partial charge on any atom is -0.457 e. The van der Waals surface area contributed by atoms with Gasteiger partial charge in [0, 0.05) is 4.47 Å². The number of nitrogens with one attached hydrogen (secondary N) is 1. The normalized spacial score (nSPS) is 11.9. The maximum Gasteiger partial charge on any atom is 0.344 e. The second-order valence-corrected chi connectivity index (χ2v) is 9.20. The molecule has 0 aliphatic carbocycles. The number of sulfonamides is 1. The van der Waals surface area contributed by atoms with Crippen molar-refractivity contribution >= 4 is 61.1 Å². The van der Waals surface area contributed by atoms with Gasteiger partial charge in [-0.25, -0.2) is 13.2 Å². The molecule has 0 amide bonds. The zero-order valence-electron chi connectivity index (χ0n) is 13.6. The molecular formula is C14H16BrCl2NO6S. The van der Waals surface area contributed by atoms with Gasteiger partial charge in [-0.15, -0.1) is 0 Å². The van der Waals surface area contributed by atoms with E-state index < -0.39 is 40.7 Å². The van der Waals surface area contributed by atoms with Crippen molar-refractivity contribution in [3.63, 3.8) is 0 Å². The van der Waals surface area contributed by atoms with Crippen molar-refractivity contribution in [1.29, 1.82) is 0 Å². The number of hydrogen-bond acceptors (Lipinski definition) is 6. The van der Waals surface area contributed by atoms with E-state index in [-0.39, 0.29) is 14.9 Å². The molecule has 0 radical (unpaired) electrons. The largest absolute Gasteiger partial charge is 0.457 e. The van der Waals surface area contributed by atoms with Gasteiger partial charge in [0.15, 0.2) is 6.61 Å². The molecule has 0 unspecified atom stereocenters. The summed E-state index contributed by atoms with van der Waals surface area (Å²) in [5.74, 6) is -1.71. The molecule has 0 heterocycles. The van der Waals surface area contributed by atoms with Crippen LogP contribution in [0.25, 0.3) is 0 Å². The molecule has 0 atom stereocenters. The van der Waals surface area contributed by atoms with Crippen molar-refractivity contribution in [2.45, 2.75) is 31.3 Å². The van der Waals surface area contributed by atoms with Crippen LogP contribution in [0, 0.1) is 0 Å². The summed E-state index contributed by atoms with van der Waals surface area (Å²) >= 11 is 14.9. The summed E-state index contributed by atoms with van der Waals surface area (Å²) in [5.41, 5.74) is -0.722. The summed E-state index contributed by atoms with van der Waals surface area (Å²) in [7, 11) is -4.15. The van der Waals surface area contributed by atoms with E-state index in [1.165, 1.54) is 12.1 Å². The molecule has 140 valence electrons. The van der Waals surface area contributed by atoms with Crippen molar-refractivity contribution in [2.24, 2.45) is 0 Å². The quantitative estimate of drug-likeness (QED) is 0.633. The first kappa shape index (κ1) is 22.2. The van der Waals surface area contributed by atoms with Crippen molar-refractivity contribution in [2.75, 3.05) is 13.2 Å². The summed E-state index contributed by atoms with van der Waals surface area (Å²) < 4.78 is 36.5. The highest BCUT2D eigenvalue weighted by Gasteiger charge is 2.24. The van der Waals surface area contributed by atoms with Crippen LogP contribution in [0.5, 0.6) is 0 Å². The van der Waals surface area contributed by atoms with Crippen LogP contribution >= 0.6 is 39.1 Å². The number of rotatable bonds is 6. The minimum absolute atomic E-state index is 0.117. The van der Waals surface area contributed by atoms with Gasteiger partial charge in [-0.2, -0.15) is 4.72 Å². The molecule has 11 heteroatoms. The van der Waals surface area contributed by atoms with Crippen molar-refractivity contribution in [3.05, 3.63) is 26.7 Å². The van der Waals surface area contributed by atoms with Gasteiger partial charge in [0.25, 0.3) is 0 Å². The van der Waals surface area contributed by atoms with Crippen LogP contribution < -0.4 is 4.72 Å². The Balaban J connectivity index is 2.65. The highest BCUT2D eigenvalue weighted by atomic mass is 79.9. The molecule has 0 aromatic heterocycles. The fourth-order valence-corrected chi connectivity index (χ4v) is 4.47. The Morgan fingerprint density at radius 1 is 1.16 bits per heavy atom. The van der Waals surface area contributed by atoms with E-state index in [4.69, 9.17) is 27.9 Å². The zero-order valence-corrected chi connectivity index (χ0v) is 17.5. The smallest absolute Gasteiger partial charge is 0.344 e. The molecule has 25 heavy (non-hydrogen) atoms. The number of halogens is 3. The predicted octanol–water partition coefficient (Wildman–Crippen LogP) is 2.92. The Kier molecular flexibility index (Phi) is 7.70. The van der Waals surface area contributed by atoms with E-state index in [0.717, 1.165) is 0 Å². The Hall–Kier alpha value is -0.870. The number of benzene rings is 1. The van der Waals surface area contributed by atoms with Crippen LogP contribution in [0.4, 0.5) is 0 Å². The van der Waals surface area contributed by atoms with Crippen molar-refractivity contribution < 1.29 is 27.5 Å². The number of carbonyl (C=O) groups is 2. The summed E-state index contributed by atoms with van der Waals surface area (Å²) in [5, 5.41) is -0.233. The molecule has 0 saturated heterocycles. The Morgan fingerprint density at radius 3 is 2.16 bits per heavy atom. The summed E-state index contributed by atoms with van der Waals surface area (Å²) in [6.45, 7) is 3.65. The SMILES string of the molecule is CC(C)(C)OC(=O)COC(=O)CNS(=O)(=O)c1c(Cl)cc(Br)cc1Cl. The lowest BCUT2D eigenvalue weighted by Crippen LogP contribution is -2.33. The predicted molar refractivity (Wildman–Crippen MR) is 96.2 cm³/mol. The molecule has 1 N–H and O–H groups in total. The second-order valence-electron chi connectivity index (χ2n) is 5.77. The van der Waals surface area contributed by atoms with Crippen LogP contribution in [0.1, 0.15) is 20.8 Å². The second kappa shape index (κ2) is 8.68. The topological polar surface area (TPSA) is 98.8 Å². The van der Waals surface area contributed by atoms with Crippen LogP contribution in [0.2, 0.25) is 10.0 Å². The maximum atomic E-state index is 12.2. The van der Waals surface area contributed by atoms with Gasteiger partial charge in [0.2, 0.25) is 10.0 Å². The van der Waals surface area contributed by atoms with Gasteiger partial charge in [-0.05, 0) is 32.9 Å². The lowest BCUT2D eigenvalue weighted by Gasteiger charge is -2.19. The first-order valence-corrected chi connectivity index (χ1v) is 9.87. The molecule has 0 saturated carbocycles. The molecule has 0 spiro atoms. The Bertz CT molecular complexity index is 753.